The molecule has 0 heterocycles. The number of alkyl halides is 1. The zero-order chi connectivity index (χ0) is 10.8. The summed E-state index contributed by atoms with van der Waals surface area (Å²) in [5.41, 5.74) is 1.43. The molecule has 2 unspecified atom stereocenters. The maximum atomic E-state index is 3.66. The molecule has 0 amide bonds. The van der Waals surface area contributed by atoms with E-state index in [4.69, 9.17) is 0 Å². The largest absolute Gasteiger partial charge is 0.0887 e. The van der Waals surface area contributed by atoms with Crippen molar-refractivity contribution in [1.82, 2.24) is 0 Å². The highest BCUT2D eigenvalue weighted by atomic mass is 79.9. The van der Waals surface area contributed by atoms with Crippen LogP contribution in [0.2, 0.25) is 0 Å². The fraction of sp³-hybridized carbons (Fsp3) is 0.286. The maximum Gasteiger partial charge on any atom is 0.0183 e. The summed E-state index contributed by atoms with van der Waals surface area (Å²) in [4.78, 5) is 0.503. The quantitative estimate of drug-likeness (QED) is 0.687. The highest BCUT2D eigenvalue weighted by Gasteiger charge is 2.13. The van der Waals surface area contributed by atoms with Gasteiger partial charge in [-0.1, -0.05) is 72.2 Å². The van der Waals surface area contributed by atoms with Gasteiger partial charge < -0.3 is 0 Å². The van der Waals surface area contributed by atoms with Gasteiger partial charge in [0.05, 0.1) is 0 Å². The highest BCUT2D eigenvalue weighted by molar-refractivity contribution is 9.09. The summed E-state index contributed by atoms with van der Waals surface area (Å²) in [6, 6.07) is 15.1. The minimum Gasteiger partial charge on any atom is -0.0887 e. The van der Waals surface area contributed by atoms with Crippen molar-refractivity contribution in [3.8, 4) is 0 Å². The topological polar surface area (TPSA) is 0 Å². The van der Waals surface area contributed by atoms with Crippen LogP contribution in [0.1, 0.15) is 25.3 Å². The second-order valence-corrected chi connectivity index (χ2v) is 5.48. The number of hydrogen-bond donors (Lipinski definition) is 0. The van der Waals surface area contributed by atoms with Gasteiger partial charge in [0.1, 0.15) is 0 Å². The summed E-state index contributed by atoms with van der Waals surface area (Å²) >= 11 is 3.66. The van der Waals surface area contributed by atoms with Crippen LogP contribution < -0.4 is 0 Å². The molecule has 2 aromatic rings. The van der Waals surface area contributed by atoms with E-state index in [-0.39, 0.29) is 0 Å². The molecule has 0 fully saturated rings. The Bertz CT molecular complexity index is 454. The lowest BCUT2D eigenvalue weighted by atomic mass is 9.93. The van der Waals surface area contributed by atoms with E-state index in [9.17, 15) is 0 Å². The third kappa shape index (κ3) is 2.07. The first-order valence-electron chi connectivity index (χ1n) is 5.32. The first kappa shape index (κ1) is 10.7. The Balaban J connectivity index is 2.60. The molecule has 0 aliphatic rings. The minimum atomic E-state index is 0.503. The molecule has 0 saturated heterocycles. The Labute approximate surface area is 99.4 Å². The standard InChI is InChI=1S/C14H15Br/c1-10(11(2)15)13-9-5-7-12-6-3-4-8-14(12)13/h3-11H,1-2H3. The monoisotopic (exact) mass is 262 g/mol. The summed E-state index contributed by atoms with van der Waals surface area (Å²) in [7, 11) is 0. The van der Waals surface area contributed by atoms with Crippen molar-refractivity contribution in [3.05, 3.63) is 48.0 Å². The molecule has 2 atom stereocenters. The Morgan fingerprint density at radius 1 is 0.933 bits per heavy atom. The normalized spacial score (nSPS) is 15.1. The van der Waals surface area contributed by atoms with E-state index in [1.165, 1.54) is 16.3 Å². The van der Waals surface area contributed by atoms with Crippen LogP contribution in [0.25, 0.3) is 10.8 Å². The summed E-state index contributed by atoms with van der Waals surface area (Å²) in [5.74, 6) is 0.538. The summed E-state index contributed by atoms with van der Waals surface area (Å²) < 4.78 is 0. The van der Waals surface area contributed by atoms with Crippen LogP contribution in [0, 0.1) is 0 Å². The van der Waals surface area contributed by atoms with E-state index in [0.717, 1.165) is 0 Å². The molecule has 0 saturated carbocycles. The van der Waals surface area contributed by atoms with E-state index in [1.807, 2.05) is 0 Å². The fourth-order valence-corrected chi connectivity index (χ4v) is 2.18. The van der Waals surface area contributed by atoms with Crippen molar-refractivity contribution >= 4 is 26.7 Å². The van der Waals surface area contributed by atoms with Crippen LogP contribution in [0.5, 0.6) is 0 Å². The van der Waals surface area contributed by atoms with Crippen molar-refractivity contribution in [3.63, 3.8) is 0 Å². The average Bonchev–Trinajstić information content (AvgIpc) is 2.27. The molecule has 0 aromatic heterocycles. The van der Waals surface area contributed by atoms with Crippen molar-refractivity contribution in [1.29, 1.82) is 0 Å². The molecule has 0 spiro atoms. The van der Waals surface area contributed by atoms with Crippen LogP contribution in [0.3, 0.4) is 0 Å². The van der Waals surface area contributed by atoms with Gasteiger partial charge in [-0.25, -0.2) is 0 Å². The molecular formula is C14H15Br. The lowest BCUT2D eigenvalue weighted by Gasteiger charge is -2.16. The predicted octanol–water partition coefficient (Wildman–Crippen LogP) is 4.73. The van der Waals surface area contributed by atoms with Crippen LogP contribution >= 0.6 is 15.9 Å². The van der Waals surface area contributed by atoms with Crippen molar-refractivity contribution in [2.75, 3.05) is 0 Å². The lowest BCUT2D eigenvalue weighted by Crippen LogP contribution is -2.04. The van der Waals surface area contributed by atoms with E-state index < -0.39 is 0 Å². The molecule has 1 heteroatoms. The van der Waals surface area contributed by atoms with Gasteiger partial charge in [-0.15, -0.1) is 0 Å². The van der Waals surface area contributed by atoms with Crippen LogP contribution in [0.15, 0.2) is 42.5 Å². The number of halogens is 1. The first-order chi connectivity index (χ1) is 7.20. The van der Waals surface area contributed by atoms with E-state index >= 15 is 0 Å². The molecule has 0 aliphatic heterocycles. The molecule has 0 bridgehead atoms. The number of hydrogen-bond acceptors (Lipinski definition) is 0. The van der Waals surface area contributed by atoms with Crippen LogP contribution in [-0.4, -0.2) is 4.83 Å². The smallest absolute Gasteiger partial charge is 0.0183 e. The van der Waals surface area contributed by atoms with E-state index in [2.05, 4.69) is 72.2 Å². The molecule has 0 radical (unpaired) electrons. The number of fused-ring (bicyclic) bond motifs is 1. The van der Waals surface area contributed by atoms with Gasteiger partial charge in [-0.05, 0) is 22.3 Å². The lowest BCUT2D eigenvalue weighted by molar-refractivity contribution is 0.768. The van der Waals surface area contributed by atoms with Gasteiger partial charge >= 0.3 is 0 Å². The Hall–Kier alpha value is -0.820. The zero-order valence-electron chi connectivity index (χ0n) is 9.07. The van der Waals surface area contributed by atoms with Gasteiger partial charge in [0.15, 0.2) is 0 Å². The van der Waals surface area contributed by atoms with E-state index in [1.54, 1.807) is 0 Å². The Morgan fingerprint density at radius 2 is 1.60 bits per heavy atom. The predicted molar refractivity (Wildman–Crippen MR) is 70.8 cm³/mol. The van der Waals surface area contributed by atoms with Gasteiger partial charge in [-0.3, -0.25) is 0 Å². The summed E-state index contributed by atoms with van der Waals surface area (Å²) in [6.45, 7) is 4.47. The number of rotatable bonds is 2. The third-order valence-corrected chi connectivity index (χ3v) is 3.80. The number of benzene rings is 2. The molecule has 0 N–H and O–H groups in total. The molecule has 0 aliphatic carbocycles. The minimum absolute atomic E-state index is 0.503. The Morgan fingerprint density at radius 3 is 2.33 bits per heavy atom. The van der Waals surface area contributed by atoms with Crippen LogP contribution in [-0.2, 0) is 0 Å². The molecule has 15 heavy (non-hydrogen) atoms. The summed E-state index contributed by atoms with van der Waals surface area (Å²) in [5, 5.41) is 2.70. The molecular weight excluding hydrogens is 248 g/mol. The van der Waals surface area contributed by atoms with Crippen LogP contribution in [0.4, 0.5) is 0 Å². The average molecular weight is 263 g/mol. The Kier molecular flexibility index (Phi) is 3.11. The van der Waals surface area contributed by atoms with Gasteiger partial charge in [0.25, 0.3) is 0 Å². The van der Waals surface area contributed by atoms with Crippen molar-refractivity contribution < 1.29 is 0 Å². The third-order valence-electron chi connectivity index (χ3n) is 3.00. The maximum absolute atomic E-state index is 3.66. The SMILES string of the molecule is CC(Br)C(C)c1cccc2ccccc12. The molecule has 0 nitrogen and oxygen atoms in total. The van der Waals surface area contributed by atoms with Crippen molar-refractivity contribution in [2.24, 2.45) is 0 Å². The van der Waals surface area contributed by atoms with Gasteiger partial charge in [0, 0.05) is 4.83 Å². The second-order valence-electron chi connectivity index (χ2n) is 4.03. The second kappa shape index (κ2) is 4.36. The summed E-state index contributed by atoms with van der Waals surface area (Å²) in [6.07, 6.45) is 0. The molecule has 78 valence electrons. The van der Waals surface area contributed by atoms with Gasteiger partial charge in [-0.2, -0.15) is 0 Å². The first-order valence-corrected chi connectivity index (χ1v) is 6.23. The van der Waals surface area contributed by atoms with Gasteiger partial charge in [0.2, 0.25) is 0 Å². The molecule has 2 rings (SSSR count). The zero-order valence-corrected chi connectivity index (χ0v) is 10.7. The highest BCUT2D eigenvalue weighted by Crippen LogP contribution is 2.30. The fourth-order valence-electron chi connectivity index (χ4n) is 1.89. The van der Waals surface area contributed by atoms with Crippen molar-refractivity contribution in [2.45, 2.75) is 24.6 Å². The molecule has 2 aromatic carbocycles. The van der Waals surface area contributed by atoms with E-state index in [0.29, 0.717) is 10.7 Å².